The molecule has 0 spiro atoms. The first-order valence-electron chi connectivity index (χ1n) is 10.6. The molecule has 0 atom stereocenters. The van der Waals surface area contributed by atoms with Crippen LogP contribution in [0.4, 0.5) is 0 Å². The first kappa shape index (κ1) is 22.6. The van der Waals surface area contributed by atoms with Gasteiger partial charge in [-0.1, -0.05) is 42.0 Å². The third-order valence-electron chi connectivity index (χ3n) is 5.08. The minimum absolute atomic E-state index is 0.0248. The van der Waals surface area contributed by atoms with Gasteiger partial charge in [0.1, 0.15) is 18.1 Å². The molecule has 0 aliphatic rings. The summed E-state index contributed by atoms with van der Waals surface area (Å²) in [6.45, 7) is 2.47. The van der Waals surface area contributed by atoms with Gasteiger partial charge in [-0.2, -0.15) is 10.2 Å². The Bertz CT molecular complexity index is 1310. The highest BCUT2D eigenvalue weighted by Crippen LogP contribution is 2.29. The topological polar surface area (TPSA) is 109 Å². The predicted molar refractivity (Wildman–Crippen MR) is 129 cm³/mol. The molecule has 1 aromatic heterocycles. The van der Waals surface area contributed by atoms with Crippen LogP contribution in [0, 0.1) is 6.92 Å². The summed E-state index contributed by atoms with van der Waals surface area (Å²) in [4.78, 5) is 12.5. The van der Waals surface area contributed by atoms with Gasteiger partial charge in [0.05, 0.1) is 19.0 Å². The van der Waals surface area contributed by atoms with Crippen LogP contribution in [-0.2, 0) is 6.61 Å². The number of carbonyl (C=O) groups is 1. The molecule has 8 heteroatoms. The number of carbonyl (C=O) groups excluding carboxylic acids is 1. The number of nitrogens with zero attached hydrogens (tertiary/aromatic N) is 2. The van der Waals surface area contributed by atoms with Gasteiger partial charge in [0.2, 0.25) is 0 Å². The number of aromatic nitrogens is 2. The van der Waals surface area contributed by atoms with Crippen molar-refractivity contribution in [1.29, 1.82) is 0 Å². The molecule has 172 valence electrons. The molecule has 3 N–H and O–H groups in total. The van der Waals surface area contributed by atoms with E-state index in [4.69, 9.17) is 9.47 Å². The molecule has 0 saturated heterocycles. The molecule has 0 radical (unpaired) electrons. The van der Waals surface area contributed by atoms with E-state index in [1.807, 2.05) is 55.5 Å². The van der Waals surface area contributed by atoms with Crippen LogP contribution in [0.3, 0.4) is 0 Å². The van der Waals surface area contributed by atoms with Crippen LogP contribution in [0.2, 0.25) is 0 Å². The molecule has 0 unspecified atom stereocenters. The molecule has 34 heavy (non-hydrogen) atoms. The molecule has 0 fully saturated rings. The maximum absolute atomic E-state index is 12.5. The Kier molecular flexibility index (Phi) is 6.88. The zero-order valence-corrected chi connectivity index (χ0v) is 18.8. The smallest absolute Gasteiger partial charge is 0.289 e. The number of phenols is 1. The molecule has 4 rings (SSSR count). The highest BCUT2D eigenvalue weighted by molar-refractivity contribution is 5.94. The van der Waals surface area contributed by atoms with Crippen molar-refractivity contribution in [1.82, 2.24) is 15.6 Å². The summed E-state index contributed by atoms with van der Waals surface area (Å²) < 4.78 is 11.1. The molecule has 1 heterocycles. The number of benzene rings is 3. The van der Waals surface area contributed by atoms with E-state index in [9.17, 15) is 9.90 Å². The number of hydrogen-bond acceptors (Lipinski definition) is 6. The maximum atomic E-state index is 12.5. The zero-order valence-electron chi connectivity index (χ0n) is 18.8. The van der Waals surface area contributed by atoms with E-state index in [0.717, 1.165) is 11.1 Å². The van der Waals surface area contributed by atoms with Crippen LogP contribution in [-0.4, -0.2) is 34.5 Å². The second kappa shape index (κ2) is 10.4. The van der Waals surface area contributed by atoms with E-state index in [0.29, 0.717) is 29.4 Å². The van der Waals surface area contributed by atoms with Crippen LogP contribution in [0.15, 0.2) is 77.9 Å². The van der Waals surface area contributed by atoms with Gasteiger partial charge in [0.15, 0.2) is 11.5 Å². The number of amides is 1. The van der Waals surface area contributed by atoms with Crippen molar-refractivity contribution in [2.45, 2.75) is 13.5 Å². The maximum Gasteiger partial charge on any atom is 0.289 e. The molecule has 0 saturated carbocycles. The number of methoxy groups -OCH3 is 1. The lowest BCUT2D eigenvalue weighted by Gasteiger charge is -2.10. The lowest BCUT2D eigenvalue weighted by molar-refractivity contribution is 0.0950. The number of phenolic OH excluding ortho intramolecular Hbond substituents is 1. The third-order valence-corrected chi connectivity index (χ3v) is 5.08. The molecule has 4 aromatic rings. The Labute approximate surface area is 196 Å². The molecular formula is C26H24N4O4. The van der Waals surface area contributed by atoms with Crippen molar-refractivity contribution < 1.29 is 19.4 Å². The number of H-pyrrole nitrogens is 1. The summed E-state index contributed by atoms with van der Waals surface area (Å²) in [5.74, 6) is 0.563. The third kappa shape index (κ3) is 5.42. The van der Waals surface area contributed by atoms with Crippen molar-refractivity contribution in [2.24, 2.45) is 5.10 Å². The zero-order chi connectivity index (χ0) is 23.9. The SMILES string of the molecule is COc1cc(/C=N\NC(=O)c2cc(-c3ccccc3OCc3ccc(C)cc3)n[nH]2)ccc1O. The number of ether oxygens (including phenoxy) is 2. The quantitative estimate of drug-likeness (QED) is 0.268. The predicted octanol–water partition coefficient (Wildman–Crippen LogP) is 4.44. The number of hydrazone groups is 1. The summed E-state index contributed by atoms with van der Waals surface area (Å²) in [6.07, 6.45) is 1.45. The summed E-state index contributed by atoms with van der Waals surface area (Å²) in [5.41, 5.74) is 6.96. The fraction of sp³-hybridized carbons (Fsp3) is 0.115. The van der Waals surface area contributed by atoms with E-state index < -0.39 is 5.91 Å². The van der Waals surface area contributed by atoms with Crippen LogP contribution in [0.5, 0.6) is 17.2 Å². The minimum atomic E-state index is -0.446. The Balaban J connectivity index is 1.42. The average Bonchev–Trinajstić information content (AvgIpc) is 3.35. The fourth-order valence-corrected chi connectivity index (χ4v) is 3.23. The standard InChI is InChI=1S/C26H24N4O4/c1-17-7-9-18(10-8-17)16-34-24-6-4-3-5-20(24)21-14-22(29-28-21)26(32)30-27-15-19-11-12-23(31)25(13-19)33-2/h3-15,31H,16H2,1-2H3,(H,28,29)(H,30,32)/b27-15-. The van der Waals surface area contributed by atoms with Crippen molar-refractivity contribution in [3.63, 3.8) is 0 Å². The highest BCUT2D eigenvalue weighted by Gasteiger charge is 2.14. The molecule has 8 nitrogen and oxygen atoms in total. The second-order valence-corrected chi connectivity index (χ2v) is 7.57. The number of nitrogens with one attached hydrogen (secondary N) is 2. The Morgan fingerprint density at radius 1 is 1.09 bits per heavy atom. The minimum Gasteiger partial charge on any atom is -0.504 e. The normalized spacial score (nSPS) is 10.9. The van der Waals surface area contributed by atoms with Gasteiger partial charge in [-0.25, -0.2) is 5.43 Å². The molecule has 3 aromatic carbocycles. The van der Waals surface area contributed by atoms with Crippen molar-refractivity contribution in [2.75, 3.05) is 7.11 Å². The molecule has 0 aliphatic heterocycles. The molecule has 0 aliphatic carbocycles. The van der Waals surface area contributed by atoms with Crippen LogP contribution in [0.25, 0.3) is 11.3 Å². The van der Waals surface area contributed by atoms with Gasteiger partial charge >= 0.3 is 0 Å². The van der Waals surface area contributed by atoms with Gasteiger partial charge in [0.25, 0.3) is 5.91 Å². The Morgan fingerprint density at radius 2 is 1.88 bits per heavy atom. The highest BCUT2D eigenvalue weighted by atomic mass is 16.5. The molecular weight excluding hydrogens is 432 g/mol. The summed E-state index contributed by atoms with van der Waals surface area (Å²) in [6, 6.07) is 22.1. The summed E-state index contributed by atoms with van der Waals surface area (Å²) in [7, 11) is 1.46. The Hall–Kier alpha value is -4.59. The van der Waals surface area contributed by atoms with Gasteiger partial charge in [-0.05, 0) is 54.4 Å². The second-order valence-electron chi connectivity index (χ2n) is 7.57. The molecule has 1 amide bonds. The largest absolute Gasteiger partial charge is 0.504 e. The lowest BCUT2D eigenvalue weighted by Crippen LogP contribution is -2.18. The number of aromatic amines is 1. The van der Waals surface area contributed by atoms with Gasteiger partial charge < -0.3 is 14.6 Å². The van der Waals surface area contributed by atoms with Crippen LogP contribution >= 0.6 is 0 Å². The number of rotatable bonds is 8. The number of aromatic hydroxyl groups is 1. The van der Waals surface area contributed by atoms with E-state index in [1.54, 1.807) is 18.2 Å². The van der Waals surface area contributed by atoms with Crippen molar-refractivity contribution in [3.8, 4) is 28.5 Å². The fourth-order valence-electron chi connectivity index (χ4n) is 3.23. The van der Waals surface area contributed by atoms with Crippen LogP contribution in [0.1, 0.15) is 27.2 Å². The average molecular weight is 457 g/mol. The summed E-state index contributed by atoms with van der Waals surface area (Å²) in [5, 5.41) is 20.6. The number of aryl methyl sites for hydroxylation is 1. The van der Waals surface area contributed by atoms with E-state index in [1.165, 1.54) is 25.0 Å². The van der Waals surface area contributed by atoms with E-state index >= 15 is 0 Å². The first-order chi connectivity index (χ1) is 16.5. The monoisotopic (exact) mass is 456 g/mol. The van der Waals surface area contributed by atoms with Crippen molar-refractivity contribution >= 4 is 12.1 Å². The van der Waals surface area contributed by atoms with Crippen molar-refractivity contribution in [3.05, 3.63) is 95.2 Å². The van der Waals surface area contributed by atoms with Gasteiger partial charge in [0, 0.05) is 5.56 Å². The number of hydrogen-bond donors (Lipinski definition) is 3. The first-order valence-corrected chi connectivity index (χ1v) is 10.6. The van der Waals surface area contributed by atoms with Gasteiger partial charge in [-0.15, -0.1) is 0 Å². The van der Waals surface area contributed by atoms with E-state index in [2.05, 4.69) is 20.7 Å². The number of para-hydroxylation sites is 1. The lowest BCUT2D eigenvalue weighted by atomic mass is 10.1. The van der Waals surface area contributed by atoms with Crippen LogP contribution < -0.4 is 14.9 Å². The van der Waals surface area contributed by atoms with E-state index in [-0.39, 0.29) is 11.4 Å². The van der Waals surface area contributed by atoms with Gasteiger partial charge in [-0.3, -0.25) is 9.89 Å². The molecule has 0 bridgehead atoms. The summed E-state index contributed by atoms with van der Waals surface area (Å²) >= 11 is 0. The Morgan fingerprint density at radius 3 is 2.68 bits per heavy atom.